The molecule has 31 heavy (non-hydrogen) atoms. The highest BCUT2D eigenvalue weighted by Crippen LogP contribution is 2.39. The molecular weight excluding hydrogens is 417 g/mol. The molecule has 0 radical (unpaired) electrons. The first-order valence-electron chi connectivity index (χ1n) is 9.78. The van der Waals surface area contributed by atoms with Crippen LogP contribution in [0.4, 0.5) is 10.1 Å². The summed E-state index contributed by atoms with van der Waals surface area (Å²) < 4.78 is 53.6. The van der Waals surface area contributed by atoms with Crippen molar-refractivity contribution in [3.05, 3.63) is 83.2 Å². The number of sulfonamides is 1. The standard InChI is InChI=1S/C24H26FNO4S/c1-16-7-6-8-20(13-16)26(31(27,28)24-12-9-19(25)14-17(24)2)18(3)22-15-21(29-4)10-11-23(22)30-5/h6-15,18H,1-5H3/t18-/m1/s1. The van der Waals surface area contributed by atoms with Gasteiger partial charge in [0, 0.05) is 5.56 Å². The van der Waals surface area contributed by atoms with Crippen LogP contribution in [0.25, 0.3) is 0 Å². The van der Waals surface area contributed by atoms with Gasteiger partial charge >= 0.3 is 0 Å². The van der Waals surface area contributed by atoms with Crippen LogP contribution in [0.5, 0.6) is 11.5 Å². The van der Waals surface area contributed by atoms with Crippen molar-refractivity contribution in [2.45, 2.75) is 31.7 Å². The van der Waals surface area contributed by atoms with E-state index in [0.717, 1.165) is 11.6 Å². The maximum atomic E-state index is 13.9. The number of methoxy groups -OCH3 is 2. The first-order valence-corrected chi connectivity index (χ1v) is 11.2. The van der Waals surface area contributed by atoms with Crippen molar-refractivity contribution in [1.29, 1.82) is 0 Å². The van der Waals surface area contributed by atoms with Gasteiger partial charge in [0.1, 0.15) is 17.3 Å². The molecule has 0 aliphatic heterocycles. The first kappa shape index (κ1) is 22.6. The van der Waals surface area contributed by atoms with Crippen LogP contribution >= 0.6 is 0 Å². The Hall–Kier alpha value is -3.06. The molecule has 3 aromatic rings. The van der Waals surface area contributed by atoms with E-state index in [9.17, 15) is 12.8 Å². The van der Waals surface area contributed by atoms with Gasteiger partial charge in [-0.2, -0.15) is 0 Å². The fourth-order valence-electron chi connectivity index (χ4n) is 3.64. The van der Waals surface area contributed by atoms with Crippen LogP contribution in [0.15, 0.2) is 65.6 Å². The third-order valence-corrected chi connectivity index (χ3v) is 7.23. The van der Waals surface area contributed by atoms with Gasteiger partial charge in [0.05, 0.1) is 30.8 Å². The summed E-state index contributed by atoms with van der Waals surface area (Å²) in [7, 11) is -0.956. The summed E-state index contributed by atoms with van der Waals surface area (Å²) in [5, 5.41) is 0. The highest BCUT2D eigenvalue weighted by Gasteiger charge is 2.33. The number of nitrogens with zero attached hydrogens (tertiary/aromatic N) is 1. The molecule has 0 amide bonds. The molecule has 0 spiro atoms. The van der Waals surface area contributed by atoms with Crippen molar-refractivity contribution in [3.8, 4) is 11.5 Å². The molecular formula is C24H26FNO4S. The highest BCUT2D eigenvalue weighted by atomic mass is 32.2. The van der Waals surface area contributed by atoms with E-state index in [1.807, 2.05) is 13.0 Å². The van der Waals surface area contributed by atoms with Gasteiger partial charge in [0.15, 0.2) is 0 Å². The Kier molecular flexibility index (Phi) is 6.55. The number of anilines is 1. The first-order chi connectivity index (χ1) is 14.7. The number of ether oxygens (including phenoxy) is 2. The lowest BCUT2D eigenvalue weighted by Gasteiger charge is -2.32. The van der Waals surface area contributed by atoms with Crippen LogP contribution in [-0.4, -0.2) is 22.6 Å². The summed E-state index contributed by atoms with van der Waals surface area (Å²) in [6.45, 7) is 5.27. The Morgan fingerprint density at radius 1 is 0.935 bits per heavy atom. The lowest BCUT2D eigenvalue weighted by Crippen LogP contribution is -2.34. The van der Waals surface area contributed by atoms with Crippen LogP contribution in [0, 0.1) is 19.7 Å². The zero-order valence-electron chi connectivity index (χ0n) is 18.2. The SMILES string of the molecule is COc1ccc(OC)c([C@@H](C)N(c2cccc(C)c2)S(=O)(=O)c2ccc(F)cc2C)c1. The Balaban J connectivity index is 2.25. The molecule has 0 N–H and O–H groups in total. The van der Waals surface area contributed by atoms with Crippen molar-refractivity contribution in [1.82, 2.24) is 0 Å². The van der Waals surface area contributed by atoms with E-state index in [-0.39, 0.29) is 4.90 Å². The number of benzene rings is 3. The van der Waals surface area contributed by atoms with Gasteiger partial charge in [-0.25, -0.2) is 12.8 Å². The number of hydrogen-bond donors (Lipinski definition) is 0. The molecule has 0 saturated heterocycles. The number of halogens is 1. The van der Waals surface area contributed by atoms with E-state index in [2.05, 4.69) is 0 Å². The van der Waals surface area contributed by atoms with E-state index in [0.29, 0.717) is 28.3 Å². The van der Waals surface area contributed by atoms with E-state index in [1.165, 1.54) is 23.5 Å². The topological polar surface area (TPSA) is 55.8 Å². The molecule has 3 rings (SSSR count). The molecule has 1 atom stereocenters. The van der Waals surface area contributed by atoms with Gasteiger partial charge in [-0.3, -0.25) is 4.31 Å². The summed E-state index contributed by atoms with van der Waals surface area (Å²) in [6, 6.07) is 15.6. The molecule has 0 fully saturated rings. The Morgan fingerprint density at radius 3 is 2.29 bits per heavy atom. The van der Waals surface area contributed by atoms with Gasteiger partial charge in [0.2, 0.25) is 0 Å². The average molecular weight is 444 g/mol. The molecule has 7 heteroatoms. The van der Waals surface area contributed by atoms with Crippen molar-refractivity contribution >= 4 is 15.7 Å². The van der Waals surface area contributed by atoms with E-state index in [4.69, 9.17) is 9.47 Å². The van der Waals surface area contributed by atoms with Crippen molar-refractivity contribution in [2.75, 3.05) is 18.5 Å². The Labute approximate surface area is 183 Å². The van der Waals surface area contributed by atoms with Gasteiger partial charge < -0.3 is 9.47 Å². The lowest BCUT2D eigenvalue weighted by molar-refractivity contribution is 0.396. The number of rotatable bonds is 7. The lowest BCUT2D eigenvalue weighted by atomic mass is 10.1. The molecule has 0 saturated carbocycles. The molecule has 3 aromatic carbocycles. The molecule has 5 nitrogen and oxygen atoms in total. The second-order valence-corrected chi connectivity index (χ2v) is 9.12. The van der Waals surface area contributed by atoms with Crippen LogP contribution < -0.4 is 13.8 Å². The van der Waals surface area contributed by atoms with Gasteiger partial charge in [0.25, 0.3) is 10.0 Å². The minimum atomic E-state index is -4.04. The van der Waals surface area contributed by atoms with Crippen LogP contribution in [0.1, 0.15) is 29.7 Å². The van der Waals surface area contributed by atoms with Crippen LogP contribution in [-0.2, 0) is 10.0 Å². The minimum absolute atomic E-state index is 0.0455. The van der Waals surface area contributed by atoms with Crippen molar-refractivity contribution in [2.24, 2.45) is 0 Å². The maximum Gasteiger partial charge on any atom is 0.265 e. The second-order valence-electron chi connectivity index (χ2n) is 7.33. The molecule has 0 aromatic heterocycles. The van der Waals surface area contributed by atoms with Gasteiger partial charge in [-0.1, -0.05) is 12.1 Å². The zero-order chi connectivity index (χ0) is 22.8. The fourth-order valence-corrected chi connectivity index (χ4v) is 5.47. The smallest absolute Gasteiger partial charge is 0.265 e. The molecule has 0 aliphatic rings. The quantitative estimate of drug-likeness (QED) is 0.490. The van der Waals surface area contributed by atoms with Crippen molar-refractivity contribution < 1.29 is 22.3 Å². The van der Waals surface area contributed by atoms with Gasteiger partial charge in [-0.05, 0) is 80.4 Å². The van der Waals surface area contributed by atoms with Crippen molar-refractivity contribution in [3.63, 3.8) is 0 Å². The number of hydrogen-bond acceptors (Lipinski definition) is 4. The predicted molar refractivity (Wildman–Crippen MR) is 120 cm³/mol. The maximum absolute atomic E-state index is 13.9. The molecule has 0 bridgehead atoms. The monoisotopic (exact) mass is 443 g/mol. The molecule has 0 aliphatic carbocycles. The third-order valence-electron chi connectivity index (χ3n) is 5.17. The van der Waals surface area contributed by atoms with E-state index < -0.39 is 21.9 Å². The van der Waals surface area contributed by atoms with E-state index in [1.54, 1.807) is 57.4 Å². The fraction of sp³-hybridized carbons (Fsp3) is 0.250. The third kappa shape index (κ3) is 4.51. The summed E-state index contributed by atoms with van der Waals surface area (Å²) in [4.78, 5) is 0.0455. The minimum Gasteiger partial charge on any atom is -0.497 e. The molecule has 0 heterocycles. The molecule has 0 unspecified atom stereocenters. The zero-order valence-corrected chi connectivity index (χ0v) is 19.0. The normalized spacial score (nSPS) is 12.3. The Bertz CT molecular complexity index is 1190. The van der Waals surface area contributed by atoms with E-state index >= 15 is 0 Å². The van der Waals surface area contributed by atoms with Crippen LogP contribution in [0.2, 0.25) is 0 Å². The second kappa shape index (κ2) is 8.98. The summed E-state index contributed by atoms with van der Waals surface area (Å²) in [6.07, 6.45) is 0. The largest absolute Gasteiger partial charge is 0.497 e. The molecule has 164 valence electrons. The number of aryl methyl sites for hydroxylation is 2. The summed E-state index contributed by atoms with van der Waals surface area (Å²) >= 11 is 0. The predicted octanol–water partition coefficient (Wildman–Crippen LogP) is 5.42. The van der Waals surface area contributed by atoms with Gasteiger partial charge in [-0.15, -0.1) is 0 Å². The average Bonchev–Trinajstić information content (AvgIpc) is 2.72. The Morgan fingerprint density at radius 2 is 1.68 bits per heavy atom. The van der Waals surface area contributed by atoms with Crippen LogP contribution in [0.3, 0.4) is 0 Å². The summed E-state index contributed by atoms with van der Waals surface area (Å²) in [5.41, 5.74) is 2.40. The highest BCUT2D eigenvalue weighted by molar-refractivity contribution is 7.92. The summed E-state index contributed by atoms with van der Waals surface area (Å²) in [5.74, 6) is 0.639.